The third-order valence-electron chi connectivity index (χ3n) is 8.64. The number of carbonyl (C=O) groups excluding carboxylic acids is 1. The molecule has 1 aliphatic heterocycles. The van der Waals surface area contributed by atoms with Gasteiger partial charge in [0.2, 0.25) is 0 Å². The molecule has 1 aliphatic rings. The number of phenolic OH excluding ortho intramolecular Hbond substituents is 2. The lowest BCUT2D eigenvalue weighted by atomic mass is 9.69. The van der Waals surface area contributed by atoms with Crippen LogP contribution in [0.25, 0.3) is 0 Å². The van der Waals surface area contributed by atoms with Crippen molar-refractivity contribution in [1.82, 2.24) is 9.80 Å². The summed E-state index contributed by atoms with van der Waals surface area (Å²) < 4.78 is 10.9. The van der Waals surface area contributed by atoms with Crippen LogP contribution in [0.1, 0.15) is 51.6 Å². The van der Waals surface area contributed by atoms with E-state index in [1.807, 2.05) is 48.5 Å². The van der Waals surface area contributed by atoms with Crippen molar-refractivity contribution in [3.8, 4) is 23.0 Å². The minimum absolute atomic E-state index is 0.0391. The third-order valence-corrected chi connectivity index (χ3v) is 8.64. The lowest BCUT2D eigenvalue weighted by Gasteiger charge is -2.44. The first-order valence-corrected chi connectivity index (χ1v) is 14.8. The molecule has 1 atom stereocenters. The molecule has 230 valence electrons. The van der Waals surface area contributed by atoms with E-state index in [0.29, 0.717) is 11.1 Å². The molecule has 0 spiro atoms. The molecule has 0 aliphatic carbocycles. The molecule has 0 saturated carbocycles. The van der Waals surface area contributed by atoms with E-state index in [4.69, 9.17) is 9.47 Å². The first-order chi connectivity index (χ1) is 21.2. The van der Waals surface area contributed by atoms with Crippen LogP contribution in [0.3, 0.4) is 0 Å². The molecule has 4 aromatic carbocycles. The summed E-state index contributed by atoms with van der Waals surface area (Å²) in [6.07, 6.45) is 1.06. The van der Waals surface area contributed by atoms with Crippen molar-refractivity contribution in [2.45, 2.75) is 30.9 Å². The number of benzene rings is 4. The van der Waals surface area contributed by atoms with E-state index in [1.54, 1.807) is 21.3 Å². The monoisotopic (exact) mass is 596 g/mol. The number of likely N-dealkylation sites (N-methyl/N-ethyl adjacent to an activating group) is 1. The Labute approximate surface area is 258 Å². The maximum atomic E-state index is 13.1. The number of ether oxygens (including phenoxy) is 2. The van der Waals surface area contributed by atoms with Gasteiger partial charge in [-0.05, 0) is 90.2 Å². The van der Waals surface area contributed by atoms with Gasteiger partial charge in [-0.25, -0.2) is 0 Å². The van der Waals surface area contributed by atoms with Gasteiger partial charge in [-0.2, -0.15) is 0 Å². The van der Waals surface area contributed by atoms with Crippen molar-refractivity contribution in [3.05, 3.63) is 119 Å². The quantitative estimate of drug-likeness (QED) is 0.208. The van der Waals surface area contributed by atoms with Crippen LogP contribution in [0.2, 0.25) is 0 Å². The van der Waals surface area contributed by atoms with E-state index in [-0.39, 0.29) is 29.4 Å². The van der Waals surface area contributed by atoms with Crippen LogP contribution in [0.5, 0.6) is 23.0 Å². The molecule has 0 aromatic heterocycles. The van der Waals surface area contributed by atoms with Gasteiger partial charge in [0.05, 0.1) is 26.9 Å². The van der Waals surface area contributed by atoms with Gasteiger partial charge in [0.25, 0.3) is 5.91 Å². The van der Waals surface area contributed by atoms with Crippen LogP contribution in [0.15, 0.2) is 91.0 Å². The molecule has 1 heterocycles. The summed E-state index contributed by atoms with van der Waals surface area (Å²) in [5.74, 6) is 0.878. The Hall–Kier alpha value is -4.53. The molecule has 3 N–H and O–H groups in total. The first-order valence-electron chi connectivity index (χ1n) is 14.8. The van der Waals surface area contributed by atoms with Crippen LogP contribution in [0, 0.1) is 0 Å². The number of hydrogen-bond donors (Lipinski definition) is 3. The van der Waals surface area contributed by atoms with Crippen molar-refractivity contribution in [2.24, 2.45) is 0 Å². The van der Waals surface area contributed by atoms with Crippen LogP contribution >= 0.6 is 0 Å². The number of rotatable bonds is 10. The van der Waals surface area contributed by atoms with Gasteiger partial charge in [-0.3, -0.25) is 9.69 Å². The summed E-state index contributed by atoms with van der Waals surface area (Å²) in [7, 11) is 4.99. The summed E-state index contributed by atoms with van der Waals surface area (Å²) >= 11 is 0. The number of phenols is 2. The van der Waals surface area contributed by atoms with Crippen LogP contribution in [0.4, 0.5) is 0 Å². The highest BCUT2D eigenvalue weighted by Crippen LogP contribution is 2.42. The molecular weight excluding hydrogens is 556 g/mol. The molecule has 8 nitrogen and oxygen atoms in total. The Morgan fingerprint density at radius 1 is 0.864 bits per heavy atom. The molecule has 0 bridgehead atoms. The highest BCUT2D eigenvalue weighted by molar-refractivity contribution is 5.94. The van der Waals surface area contributed by atoms with Gasteiger partial charge in [-0.15, -0.1) is 0 Å². The first kappa shape index (κ1) is 30.9. The van der Waals surface area contributed by atoms with Crippen molar-refractivity contribution in [2.75, 3.05) is 40.9 Å². The number of carbonyl (C=O) groups is 1. The molecule has 1 unspecified atom stereocenters. The summed E-state index contributed by atoms with van der Waals surface area (Å²) in [4.78, 5) is 17.0. The van der Waals surface area contributed by atoms with E-state index in [9.17, 15) is 20.1 Å². The third kappa shape index (κ3) is 6.67. The number of aliphatic hydroxyl groups excluding tert-OH is 1. The average molecular weight is 597 g/mol. The zero-order chi connectivity index (χ0) is 31.3. The van der Waals surface area contributed by atoms with E-state index in [1.165, 1.54) is 34.2 Å². The van der Waals surface area contributed by atoms with Gasteiger partial charge < -0.3 is 29.7 Å². The minimum Gasteiger partial charge on any atom is -0.504 e. The Morgan fingerprint density at radius 2 is 1.45 bits per heavy atom. The van der Waals surface area contributed by atoms with Crippen molar-refractivity contribution in [1.29, 1.82) is 0 Å². The molecule has 4 aromatic rings. The zero-order valence-corrected chi connectivity index (χ0v) is 25.4. The molecule has 8 heteroatoms. The molecule has 1 fully saturated rings. The number of amides is 1. The highest BCUT2D eigenvalue weighted by atomic mass is 16.5. The second kappa shape index (κ2) is 13.4. The largest absolute Gasteiger partial charge is 0.504 e. The van der Waals surface area contributed by atoms with Crippen LogP contribution < -0.4 is 9.47 Å². The van der Waals surface area contributed by atoms with E-state index >= 15 is 0 Å². The SMILES string of the molecule is COc1ccc(C2(c3ccc(OC)cc3)CCCN(Cc3ccc(C(=O)N(C)CC(O)c4ccc(O)c(O)c4)cc3)C2)cc1. The van der Waals surface area contributed by atoms with Gasteiger partial charge in [0.1, 0.15) is 11.5 Å². The summed E-state index contributed by atoms with van der Waals surface area (Å²) in [5, 5.41) is 29.9. The summed E-state index contributed by atoms with van der Waals surface area (Å²) in [5.41, 5.74) is 4.37. The standard InChI is InChI=1S/C36H40N2O6/c1-37(23-34(41)27-9-18-32(39)33(40)21-27)35(42)26-7-5-25(6-8-26)22-38-20-4-19-36(24-38,28-10-14-30(43-2)15-11-28)29-12-16-31(44-3)17-13-29/h5-18,21,34,39-41H,4,19-20,22-24H2,1-3H3. The number of aliphatic hydroxyl groups is 1. The van der Waals surface area contributed by atoms with Crippen molar-refractivity contribution >= 4 is 5.91 Å². The van der Waals surface area contributed by atoms with Gasteiger partial charge >= 0.3 is 0 Å². The van der Waals surface area contributed by atoms with Gasteiger partial charge in [0, 0.05) is 31.1 Å². The number of likely N-dealkylation sites (tertiary alicyclic amines) is 1. The Bertz CT molecular complexity index is 1510. The molecule has 0 radical (unpaired) electrons. The normalized spacial score (nSPS) is 15.4. The fourth-order valence-corrected chi connectivity index (χ4v) is 6.16. The summed E-state index contributed by atoms with van der Waals surface area (Å²) in [6.45, 7) is 2.61. The number of piperidine rings is 1. The lowest BCUT2D eigenvalue weighted by Crippen LogP contribution is -2.46. The smallest absolute Gasteiger partial charge is 0.253 e. The van der Waals surface area contributed by atoms with Crippen LogP contribution in [-0.2, 0) is 12.0 Å². The number of methoxy groups -OCH3 is 2. The van der Waals surface area contributed by atoms with E-state index in [0.717, 1.165) is 49.5 Å². The molecule has 44 heavy (non-hydrogen) atoms. The highest BCUT2D eigenvalue weighted by Gasteiger charge is 2.39. The fraction of sp³-hybridized carbons (Fsp3) is 0.306. The maximum Gasteiger partial charge on any atom is 0.253 e. The number of nitrogens with zero attached hydrogens (tertiary/aromatic N) is 2. The maximum absolute atomic E-state index is 13.1. The van der Waals surface area contributed by atoms with Gasteiger partial charge in [0.15, 0.2) is 11.5 Å². The number of hydrogen-bond acceptors (Lipinski definition) is 7. The Balaban J connectivity index is 1.29. The Kier molecular flexibility index (Phi) is 9.42. The lowest BCUT2D eigenvalue weighted by molar-refractivity contribution is 0.0680. The number of aromatic hydroxyl groups is 2. The molecule has 1 saturated heterocycles. The average Bonchev–Trinajstić information content (AvgIpc) is 3.06. The minimum atomic E-state index is -1.01. The van der Waals surface area contributed by atoms with Gasteiger partial charge in [-0.1, -0.05) is 42.5 Å². The second-order valence-corrected chi connectivity index (χ2v) is 11.5. The topological polar surface area (TPSA) is 103 Å². The van der Waals surface area contributed by atoms with Crippen molar-refractivity contribution in [3.63, 3.8) is 0 Å². The van der Waals surface area contributed by atoms with E-state index < -0.39 is 6.10 Å². The molecule has 5 rings (SSSR count). The predicted octanol–water partition coefficient (Wildman–Crippen LogP) is 5.50. The van der Waals surface area contributed by atoms with Crippen LogP contribution in [-0.4, -0.2) is 71.9 Å². The Morgan fingerprint density at radius 3 is 2.00 bits per heavy atom. The van der Waals surface area contributed by atoms with E-state index in [2.05, 4.69) is 29.2 Å². The zero-order valence-electron chi connectivity index (χ0n) is 25.4. The second-order valence-electron chi connectivity index (χ2n) is 11.5. The van der Waals surface area contributed by atoms with Crippen molar-refractivity contribution < 1.29 is 29.6 Å². The summed E-state index contributed by atoms with van der Waals surface area (Å²) in [6, 6.07) is 28.6. The molecular formula is C36H40N2O6. The fourth-order valence-electron chi connectivity index (χ4n) is 6.16. The molecule has 1 amide bonds. The predicted molar refractivity (Wildman–Crippen MR) is 169 cm³/mol.